The number of nitrogens with zero attached hydrogens (tertiary/aromatic N) is 2. The van der Waals surface area contributed by atoms with Gasteiger partial charge in [0.05, 0.1) is 5.69 Å². The first-order valence-electron chi connectivity index (χ1n) is 7.64. The summed E-state index contributed by atoms with van der Waals surface area (Å²) in [5.41, 5.74) is 7.51. The maximum absolute atomic E-state index is 6.36. The molecular formula is C16H27N3. The standard InChI is InChI=1S/C16H27N3/c1-3-13-8-9-15(17)16(11-13)19(4-2)12-14-7-5-6-10-18-14/h5-7,10,13,15-16H,3-4,8-9,11-12,17H2,1-2H3. The summed E-state index contributed by atoms with van der Waals surface area (Å²) in [6, 6.07) is 6.98. The van der Waals surface area contributed by atoms with Crippen molar-refractivity contribution >= 4 is 0 Å². The van der Waals surface area contributed by atoms with E-state index >= 15 is 0 Å². The lowest BCUT2D eigenvalue weighted by Crippen LogP contribution is -2.50. The van der Waals surface area contributed by atoms with E-state index in [1.54, 1.807) is 0 Å². The van der Waals surface area contributed by atoms with Gasteiger partial charge in [0.2, 0.25) is 0 Å². The Kier molecular flexibility index (Phi) is 5.34. The first kappa shape index (κ1) is 14.5. The molecule has 1 aliphatic carbocycles. The third-order valence-corrected chi connectivity index (χ3v) is 4.52. The Morgan fingerprint density at radius 3 is 2.79 bits per heavy atom. The van der Waals surface area contributed by atoms with Gasteiger partial charge in [0, 0.05) is 24.8 Å². The fourth-order valence-electron chi connectivity index (χ4n) is 3.21. The summed E-state index contributed by atoms with van der Waals surface area (Å²) in [4.78, 5) is 6.95. The summed E-state index contributed by atoms with van der Waals surface area (Å²) in [5, 5.41) is 0. The average Bonchev–Trinajstić information content (AvgIpc) is 2.47. The number of nitrogens with two attached hydrogens (primary N) is 1. The van der Waals surface area contributed by atoms with Gasteiger partial charge < -0.3 is 5.73 Å². The van der Waals surface area contributed by atoms with Gasteiger partial charge in [-0.2, -0.15) is 0 Å². The maximum atomic E-state index is 6.36. The Bertz CT molecular complexity index is 366. The fourth-order valence-corrected chi connectivity index (χ4v) is 3.21. The molecule has 1 heterocycles. The summed E-state index contributed by atoms with van der Waals surface area (Å²) < 4.78 is 0. The predicted molar refractivity (Wildman–Crippen MR) is 79.7 cm³/mol. The molecule has 0 saturated heterocycles. The Hall–Kier alpha value is -0.930. The zero-order valence-corrected chi connectivity index (χ0v) is 12.3. The van der Waals surface area contributed by atoms with Crippen LogP contribution in [0.3, 0.4) is 0 Å². The molecule has 3 heteroatoms. The van der Waals surface area contributed by atoms with Crippen molar-refractivity contribution in [3.8, 4) is 0 Å². The number of aromatic nitrogens is 1. The van der Waals surface area contributed by atoms with Gasteiger partial charge in [-0.25, -0.2) is 0 Å². The second kappa shape index (κ2) is 7.01. The second-order valence-electron chi connectivity index (χ2n) is 5.70. The van der Waals surface area contributed by atoms with Gasteiger partial charge in [0.25, 0.3) is 0 Å². The van der Waals surface area contributed by atoms with Crippen LogP contribution >= 0.6 is 0 Å². The summed E-state index contributed by atoms with van der Waals surface area (Å²) in [7, 11) is 0. The van der Waals surface area contributed by atoms with Gasteiger partial charge in [0.15, 0.2) is 0 Å². The van der Waals surface area contributed by atoms with Crippen LogP contribution in [0.4, 0.5) is 0 Å². The summed E-state index contributed by atoms with van der Waals surface area (Å²) in [6.07, 6.45) is 6.87. The Morgan fingerprint density at radius 2 is 2.16 bits per heavy atom. The van der Waals surface area contributed by atoms with Crippen molar-refractivity contribution in [2.45, 2.75) is 58.2 Å². The second-order valence-corrected chi connectivity index (χ2v) is 5.70. The van der Waals surface area contributed by atoms with Crippen LogP contribution in [0.5, 0.6) is 0 Å². The van der Waals surface area contributed by atoms with Crippen LogP contribution in [0.1, 0.15) is 45.2 Å². The monoisotopic (exact) mass is 261 g/mol. The van der Waals surface area contributed by atoms with Crippen LogP contribution in [-0.4, -0.2) is 28.5 Å². The molecule has 3 atom stereocenters. The number of hydrogen-bond donors (Lipinski definition) is 1. The maximum Gasteiger partial charge on any atom is 0.0544 e. The van der Waals surface area contributed by atoms with E-state index in [1.165, 1.54) is 25.7 Å². The van der Waals surface area contributed by atoms with Crippen LogP contribution in [0, 0.1) is 5.92 Å². The molecule has 0 aliphatic heterocycles. The minimum absolute atomic E-state index is 0.325. The highest BCUT2D eigenvalue weighted by Crippen LogP contribution is 2.29. The Balaban J connectivity index is 2.03. The molecule has 19 heavy (non-hydrogen) atoms. The third-order valence-electron chi connectivity index (χ3n) is 4.52. The highest BCUT2D eigenvalue weighted by atomic mass is 15.2. The number of likely N-dealkylation sites (N-methyl/N-ethyl adjacent to an activating group) is 1. The number of pyridine rings is 1. The zero-order chi connectivity index (χ0) is 13.7. The van der Waals surface area contributed by atoms with E-state index in [0.29, 0.717) is 12.1 Å². The van der Waals surface area contributed by atoms with Crippen molar-refractivity contribution in [1.29, 1.82) is 0 Å². The van der Waals surface area contributed by atoms with E-state index in [9.17, 15) is 0 Å². The molecule has 0 aromatic carbocycles. The zero-order valence-electron chi connectivity index (χ0n) is 12.3. The van der Waals surface area contributed by atoms with E-state index in [-0.39, 0.29) is 0 Å². The van der Waals surface area contributed by atoms with Crippen molar-refractivity contribution in [1.82, 2.24) is 9.88 Å². The molecule has 1 aromatic rings. The molecule has 1 aromatic heterocycles. The molecule has 3 nitrogen and oxygen atoms in total. The van der Waals surface area contributed by atoms with E-state index in [0.717, 1.165) is 24.7 Å². The quantitative estimate of drug-likeness (QED) is 0.886. The van der Waals surface area contributed by atoms with E-state index in [1.807, 2.05) is 12.3 Å². The number of hydrogen-bond acceptors (Lipinski definition) is 3. The van der Waals surface area contributed by atoms with E-state index in [2.05, 4.69) is 35.9 Å². The molecule has 1 saturated carbocycles. The van der Waals surface area contributed by atoms with Gasteiger partial charge in [-0.05, 0) is 43.9 Å². The fraction of sp³-hybridized carbons (Fsp3) is 0.688. The highest BCUT2D eigenvalue weighted by Gasteiger charge is 2.31. The van der Waals surface area contributed by atoms with E-state index in [4.69, 9.17) is 5.73 Å². The molecule has 0 spiro atoms. The van der Waals surface area contributed by atoms with Gasteiger partial charge in [-0.15, -0.1) is 0 Å². The van der Waals surface area contributed by atoms with Crippen LogP contribution in [-0.2, 0) is 6.54 Å². The van der Waals surface area contributed by atoms with Crippen molar-refractivity contribution in [3.63, 3.8) is 0 Å². The molecule has 2 rings (SSSR count). The molecule has 3 unspecified atom stereocenters. The average molecular weight is 261 g/mol. The molecule has 0 amide bonds. The first-order valence-corrected chi connectivity index (χ1v) is 7.64. The smallest absolute Gasteiger partial charge is 0.0544 e. The van der Waals surface area contributed by atoms with Crippen molar-refractivity contribution in [3.05, 3.63) is 30.1 Å². The van der Waals surface area contributed by atoms with E-state index < -0.39 is 0 Å². The lowest BCUT2D eigenvalue weighted by Gasteiger charge is -2.40. The summed E-state index contributed by atoms with van der Waals surface area (Å²) in [5.74, 6) is 0.850. The van der Waals surface area contributed by atoms with Gasteiger partial charge in [0.1, 0.15) is 0 Å². The first-order chi connectivity index (χ1) is 9.24. The molecule has 1 aliphatic rings. The molecule has 2 N–H and O–H groups in total. The molecule has 0 bridgehead atoms. The van der Waals surface area contributed by atoms with Gasteiger partial charge in [-0.3, -0.25) is 9.88 Å². The predicted octanol–water partition coefficient (Wildman–Crippen LogP) is 2.81. The van der Waals surface area contributed by atoms with Crippen molar-refractivity contribution < 1.29 is 0 Å². The van der Waals surface area contributed by atoms with Crippen LogP contribution in [0.15, 0.2) is 24.4 Å². The van der Waals surface area contributed by atoms with Crippen LogP contribution in [0.25, 0.3) is 0 Å². The van der Waals surface area contributed by atoms with Crippen molar-refractivity contribution in [2.75, 3.05) is 6.54 Å². The summed E-state index contributed by atoms with van der Waals surface area (Å²) >= 11 is 0. The Morgan fingerprint density at radius 1 is 1.32 bits per heavy atom. The van der Waals surface area contributed by atoms with Crippen molar-refractivity contribution in [2.24, 2.45) is 11.7 Å². The Labute approximate surface area is 117 Å². The normalized spacial score (nSPS) is 27.7. The SMILES string of the molecule is CCC1CCC(N)C(N(CC)Cc2ccccn2)C1. The number of rotatable bonds is 5. The largest absolute Gasteiger partial charge is 0.326 e. The molecule has 106 valence electrons. The molecule has 0 radical (unpaired) electrons. The topological polar surface area (TPSA) is 42.1 Å². The van der Waals surface area contributed by atoms with Gasteiger partial charge >= 0.3 is 0 Å². The minimum Gasteiger partial charge on any atom is -0.326 e. The van der Waals surface area contributed by atoms with Gasteiger partial charge in [-0.1, -0.05) is 26.3 Å². The van der Waals surface area contributed by atoms with Crippen LogP contribution < -0.4 is 5.73 Å². The van der Waals surface area contributed by atoms with Crippen LogP contribution in [0.2, 0.25) is 0 Å². The lowest BCUT2D eigenvalue weighted by atomic mass is 9.80. The molecular weight excluding hydrogens is 234 g/mol. The highest BCUT2D eigenvalue weighted by molar-refractivity contribution is 5.04. The summed E-state index contributed by atoms with van der Waals surface area (Å²) in [6.45, 7) is 6.50. The molecule has 1 fully saturated rings. The third kappa shape index (κ3) is 3.77. The lowest BCUT2D eigenvalue weighted by molar-refractivity contribution is 0.107. The minimum atomic E-state index is 0.325.